The quantitative estimate of drug-likeness (QED) is 0.743. The molecule has 0 bridgehead atoms. The van der Waals surface area contributed by atoms with E-state index in [4.69, 9.17) is 4.74 Å². The van der Waals surface area contributed by atoms with Gasteiger partial charge in [-0.2, -0.15) is 13.2 Å². The van der Waals surface area contributed by atoms with Gasteiger partial charge in [-0.15, -0.1) is 0 Å². The molecule has 1 aliphatic rings. The molecule has 0 aliphatic carbocycles. The van der Waals surface area contributed by atoms with Crippen molar-refractivity contribution in [3.63, 3.8) is 0 Å². The van der Waals surface area contributed by atoms with Crippen LogP contribution in [0.25, 0.3) is 0 Å². The predicted molar refractivity (Wildman–Crippen MR) is 101 cm³/mol. The Bertz CT molecular complexity index is 1040. The van der Waals surface area contributed by atoms with Crippen molar-refractivity contribution < 1.29 is 32.3 Å². The van der Waals surface area contributed by atoms with Gasteiger partial charge < -0.3 is 10.1 Å². The zero-order valence-electron chi connectivity index (χ0n) is 16.3. The number of hydrogen-bond acceptors (Lipinski definition) is 4. The van der Waals surface area contributed by atoms with Gasteiger partial charge in [0.2, 0.25) is 0 Å². The van der Waals surface area contributed by atoms with Crippen LogP contribution in [0.3, 0.4) is 0 Å². The van der Waals surface area contributed by atoms with Gasteiger partial charge >= 0.3 is 12.2 Å². The second-order valence-electron chi connectivity index (χ2n) is 6.74. The Morgan fingerprint density at radius 2 is 1.77 bits per heavy atom. The molecule has 4 amide bonds. The highest BCUT2D eigenvalue weighted by molar-refractivity contribution is 6.24. The summed E-state index contributed by atoms with van der Waals surface area (Å²) in [5.74, 6) is -2.89. The van der Waals surface area contributed by atoms with Gasteiger partial charge in [0, 0.05) is 0 Å². The van der Waals surface area contributed by atoms with Crippen molar-refractivity contribution in [1.29, 1.82) is 0 Å². The maximum Gasteiger partial charge on any atom is 0.440 e. The Balaban J connectivity index is 2.04. The van der Waals surface area contributed by atoms with E-state index in [1.807, 2.05) is 0 Å². The van der Waals surface area contributed by atoms with E-state index in [0.717, 1.165) is 5.56 Å². The monoisotopic (exact) mass is 421 g/mol. The number of rotatable bonds is 4. The van der Waals surface area contributed by atoms with Crippen LogP contribution in [0.5, 0.6) is 5.75 Å². The molecule has 0 radical (unpaired) electrons. The Labute approximate surface area is 169 Å². The average molecular weight is 421 g/mol. The molecule has 2 N–H and O–H groups in total. The van der Waals surface area contributed by atoms with Gasteiger partial charge in [-0.1, -0.05) is 18.2 Å². The molecule has 1 heterocycles. The van der Waals surface area contributed by atoms with Gasteiger partial charge in [0.25, 0.3) is 17.5 Å². The summed E-state index contributed by atoms with van der Waals surface area (Å²) in [5.41, 5.74) is -2.39. The van der Waals surface area contributed by atoms with Crippen LogP contribution in [0.15, 0.2) is 42.5 Å². The van der Waals surface area contributed by atoms with Crippen molar-refractivity contribution >= 4 is 23.5 Å². The molecule has 1 atom stereocenters. The van der Waals surface area contributed by atoms with Crippen LogP contribution in [0.2, 0.25) is 0 Å². The number of alkyl halides is 3. The SMILES string of the molecule is COc1ccccc1C(=O)N[C@]1(C(F)(F)F)NC(=O)N(c2ccc(C)c(C)c2)C1=O. The lowest BCUT2D eigenvalue weighted by atomic mass is 10.1. The number of aryl methyl sites for hydroxylation is 2. The molecule has 10 heteroatoms. The Kier molecular flexibility index (Phi) is 5.19. The van der Waals surface area contributed by atoms with E-state index in [1.165, 1.54) is 43.5 Å². The minimum Gasteiger partial charge on any atom is -0.496 e. The van der Waals surface area contributed by atoms with Crippen molar-refractivity contribution in [1.82, 2.24) is 10.6 Å². The zero-order valence-corrected chi connectivity index (χ0v) is 16.3. The van der Waals surface area contributed by atoms with Crippen molar-refractivity contribution in [3.05, 3.63) is 59.2 Å². The fraction of sp³-hybridized carbons (Fsp3) is 0.250. The number of halogens is 3. The van der Waals surface area contributed by atoms with Crippen LogP contribution in [0.4, 0.5) is 23.7 Å². The summed E-state index contributed by atoms with van der Waals surface area (Å²) < 4.78 is 47.1. The van der Waals surface area contributed by atoms with E-state index in [-0.39, 0.29) is 17.0 Å². The first-order valence-electron chi connectivity index (χ1n) is 8.78. The number of amides is 4. The Hall–Kier alpha value is -3.56. The summed E-state index contributed by atoms with van der Waals surface area (Å²) in [4.78, 5) is 38.3. The molecule has 0 saturated carbocycles. The van der Waals surface area contributed by atoms with E-state index in [1.54, 1.807) is 30.5 Å². The van der Waals surface area contributed by atoms with E-state index < -0.39 is 29.7 Å². The topological polar surface area (TPSA) is 87.7 Å². The molecule has 158 valence electrons. The molecule has 0 unspecified atom stereocenters. The summed E-state index contributed by atoms with van der Waals surface area (Å²) in [5, 5.41) is 3.28. The van der Waals surface area contributed by atoms with Crippen molar-refractivity contribution in [2.45, 2.75) is 25.7 Å². The van der Waals surface area contributed by atoms with Crippen LogP contribution < -0.4 is 20.3 Å². The fourth-order valence-electron chi connectivity index (χ4n) is 3.05. The van der Waals surface area contributed by atoms with E-state index in [2.05, 4.69) is 0 Å². The number of ether oxygens (including phenoxy) is 1. The summed E-state index contributed by atoms with van der Waals surface area (Å²) in [6, 6.07) is 8.61. The minimum absolute atomic E-state index is 0.00936. The third-order valence-corrected chi connectivity index (χ3v) is 4.85. The number of methoxy groups -OCH3 is 1. The minimum atomic E-state index is -5.31. The largest absolute Gasteiger partial charge is 0.496 e. The van der Waals surface area contributed by atoms with Crippen LogP contribution in [0.1, 0.15) is 21.5 Å². The Morgan fingerprint density at radius 1 is 1.10 bits per heavy atom. The molecule has 30 heavy (non-hydrogen) atoms. The fourth-order valence-corrected chi connectivity index (χ4v) is 3.05. The highest BCUT2D eigenvalue weighted by Gasteiger charge is 2.69. The number of urea groups is 1. The molecule has 3 rings (SSSR count). The number of imide groups is 1. The van der Waals surface area contributed by atoms with Gasteiger partial charge in [-0.05, 0) is 49.2 Å². The smallest absolute Gasteiger partial charge is 0.440 e. The van der Waals surface area contributed by atoms with Gasteiger partial charge in [0.15, 0.2) is 0 Å². The standard InChI is InChI=1S/C20H18F3N3O4/c1-11-8-9-13(10-12(11)2)26-17(28)19(20(21,22)23,25-18(26)29)24-16(27)14-6-4-5-7-15(14)30-3/h4-10H,1-3H3,(H,24,27)(H,25,29)/t19-/m0/s1. The van der Waals surface area contributed by atoms with E-state index in [9.17, 15) is 27.6 Å². The maximum atomic E-state index is 14.0. The lowest BCUT2D eigenvalue weighted by molar-refractivity contribution is -0.197. The lowest BCUT2D eigenvalue weighted by Gasteiger charge is -2.30. The van der Waals surface area contributed by atoms with Crippen molar-refractivity contribution in [3.8, 4) is 5.75 Å². The Morgan fingerprint density at radius 3 is 2.37 bits per heavy atom. The van der Waals surface area contributed by atoms with E-state index in [0.29, 0.717) is 10.5 Å². The molecule has 1 saturated heterocycles. The van der Waals surface area contributed by atoms with Crippen LogP contribution in [-0.2, 0) is 4.79 Å². The third-order valence-electron chi connectivity index (χ3n) is 4.85. The number of para-hydroxylation sites is 1. The van der Waals surface area contributed by atoms with Crippen molar-refractivity contribution in [2.75, 3.05) is 12.0 Å². The number of carbonyl (C=O) groups excluding carboxylic acids is 3. The van der Waals surface area contributed by atoms with Gasteiger partial charge in [-0.3, -0.25) is 14.9 Å². The highest BCUT2D eigenvalue weighted by Crippen LogP contribution is 2.36. The number of benzene rings is 2. The molecule has 7 nitrogen and oxygen atoms in total. The van der Waals surface area contributed by atoms with Crippen LogP contribution in [-0.4, -0.2) is 36.8 Å². The first-order valence-corrected chi connectivity index (χ1v) is 8.78. The number of nitrogens with zero attached hydrogens (tertiary/aromatic N) is 1. The highest BCUT2D eigenvalue weighted by atomic mass is 19.4. The normalized spacial score (nSPS) is 18.9. The third kappa shape index (κ3) is 3.34. The number of nitrogens with one attached hydrogen (secondary N) is 2. The summed E-state index contributed by atoms with van der Waals surface area (Å²) in [7, 11) is 1.25. The first-order chi connectivity index (χ1) is 14.0. The van der Waals surface area contributed by atoms with Gasteiger partial charge in [0.1, 0.15) is 5.75 Å². The summed E-state index contributed by atoms with van der Waals surface area (Å²) in [6.07, 6.45) is -5.31. The maximum absolute atomic E-state index is 14.0. The molecular weight excluding hydrogens is 403 g/mol. The van der Waals surface area contributed by atoms with Gasteiger partial charge in [0.05, 0.1) is 18.4 Å². The second kappa shape index (κ2) is 7.36. The molecule has 1 aliphatic heterocycles. The second-order valence-corrected chi connectivity index (χ2v) is 6.74. The first kappa shape index (κ1) is 21.2. The predicted octanol–water partition coefficient (Wildman–Crippen LogP) is 3.06. The molecular formula is C20H18F3N3O4. The van der Waals surface area contributed by atoms with Gasteiger partial charge in [-0.25, -0.2) is 9.69 Å². The average Bonchev–Trinajstić information content (AvgIpc) is 2.94. The van der Waals surface area contributed by atoms with Crippen LogP contribution >= 0.6 is 0 Å². The molecule has 0 aromatic heterocycles. The lowest BCUT2D eigenvalue weighted by Crippen LogP contribution is -2.69. The zero-order chi connectivity index (χ0) is 22.3. The number of carbonyl (C=O) groups is 3. The molecule has 0 spiro atoms. The molecule has 1 fully saturated rings. The molecule has 2 aromatic carbocycles. The number of anilines is 1. The van der Waals surface area contributed by atoms with E-state index >= 15 is 0 Å². The van der Waals surface area contributed by atoms with Crippen LogP contribution in [0, 0.1) is 13.8 Å². The van der Waals surface area contributed by atoms with Crippen molar-refractivity contribution in [2.24, 2.45) is 0 Å². The number of hydrogen-bond donors (Lipinski definition) is 2. The summed E-state index contributed by atoms with van der Waals surface area (Å²) in [6.45, 7) is 3.47. The molecule has 2 aromatic rings. The summed E-state index contributed by atoms with van der Waals surface area (Å²) >= 11 is 0.